The summed E-state index contributed by atoms with van der Waals surface area (Å²) in [5.41, 5.74) is 0.828. The number of carbonyl (C=O) groups is 1. The molecule has 1 amide bonds. The summed E-state index contributed by atoms with van der Waals surface area (Å²) in [5, 5.41) is 2.98. The Kier molecular flexibility index (Phi) is 3.88. The summed E-state index contributed by atoms with van der Waals surface area (Å²) in [7, 11) is 3.45. The number of pyridine rings is 1. The Morgan fingerprint density at radius 2 is 2.29 bits per heavy atom. The Bertz CT molecular complexity index is 328. The molecule has 1 heterocycles. The van der Waals surface area contributed by atoms with E-state index in [1.807, 2.05) is 6.07 Å². The maximum Gasteiger partial charge on any atom is 0.241 e. The number of carbonyl (C=O) groups excluding carboxylic acids is 1. The van der Waals surface area contributed by atoms with Crippen molar-refractivity contribution in [1.82, 2.24) is 9.88 Å². The second kappa shape index (κ2) is 4.95. The first-order valence-corrected chi connectivity index (χ1v) is 4.93. The van der Waals surface area contributed by atoms with E-state index in [9.17, 15) is 4.79 Å². The fourth-order valence-electron chi connectivity index (χ4n) is 0.844. The predicted molar refractivity (Wildman–Crippen MR) is 59.1 cm³/mol. The average Bonchev–Trinajstić information content (AvgIpc) is 2.14. The van der Waals surface area contributed by atoms with Gasteiger partial charge in [0.15, 0.2) is 0 Å². The number of halogens is 1. The highest BCUT2D eigenvalue weighted by Gasteiger charge is 2.02. The van der Waals surface area contributed by atoms with Crippen molar-refractivity contribution >= 4 is 27.5 Å². The standard InChI is InChI=1S/C9H12BrN3O/c1-13(2)9(14)6-12-8-3-7(10)4-11-5-8/h3-5,12H,6H2,1-2H3. The molecular weight excluding hydrogens is 246 g/mol. The molecule has 0 fully saturated rings. The molecule has 5 heteroatoms. The van der Waals surface area contributed by atoms with Crippen molar-refractivity contribution in [3.8, 4) is 0 Å². The van der Waals surface area contributed by atoms with Gasteiger partial charge in [-0.25, -0.2) is 0 Å². The van der Waals surface area contributed by atoms with Gasteiger partial charge in [-0.15, -0.1) is 0 Å². The monoisotopic (exact) mass is 257 g/mol. The van der Waals surface area contributed by atoms with Crippen molar-refractivity contribution in [2.75, 3.05) is 26.0 Å². The molecular formula is C9H12BrN3O. The number of hydrogen-bond acceptors (Lipinski definition) is 3. The highest BCUT2D eigenvalue weighted by Crippen LogP contribution is 2.13. The van der Waals surface area contributed by atoms with Crippen molar-refractivity contribution in [1.29, 1.82) is 0 Å². The van der Waals surface area contributed by atoms with E-state index >= 15 is 0 Å². The molecule has 0 radical (unpaired) electrons. The summed E-state index contributed by atoms with van der Waals surface area (Å²) in [6.07, 6.45) is 3.37. The lowest BCUT2D eigenvalue weighted by atomic mass is 10.4. The number of rotatable bonds is 3. The topological polar surface area (TPSA) is 45.2 Å². The molecule has 1 aromatic heterocycles. The fraction of sp³-hybridized carbons (Fsp3) is 0.333. The van der Waals surface area contributed by atoms with Crippen LogP contribution in [0.1, 0.15) is 0 Å². The average molecular weight is 258 g/mol. The SMILES string of the molecule is CN(C)C(=O)CNc1cncc(Br)c1. The maximum absolute atomic E-state index is 11.2. The van der Waals surface area contributed by atoms with E-state index in [0.717, 1.165) is 10.2 Å². The number of anilines is 1. The minimum absolute atomic E-state index is 0.0324. The lowest BCUT2D eigenvalue weighted by Gasteiger charge is -2.11. The quantitative estimate of drug-likeness (QED) is 0.889. The Balaban J connectivity index is 2.50. The largest absolute Gasteiger partial charge is 0.375 e. The second-order valence-electron chi connectivity index (χ2n) is 3.03. The molecule has 0 aliphatic carbocycles. The molecule has 0 saturated heterocycles. The summed E-state index contributed by atoms with van der Waals surface area (Å²) >= 11 is 3.30. The minimum Gasteiger partial charge on any atom is -0.375 e. The minimum atomic E-state index is 0.0324. The van der Waals surface area contributed by atoms with Crippen LogP contribution in [0.2, 0.25) is 0 Å². The normalized spacial score (nSPS) is 9.64. The lowest BCUT2D eigenvalue weighted by Crippen LogP contribution is -2.28. The van der Waals surface area contributed by atoms with Crippen LogP contribution < -0.4 is 5.32 Å². The molecule has 0 bridgehead atoms. The number of nitrogens with zero attached hydrogens (tertiary/aromatic N) is 2. The predicted octanol–water partition coefficient (Wildman–Crippen LogP) is 1.34. The lowest BCUT2D eigenvalue weighted by molar-refractivity contribution is -0.126. The van der Waals surface area contributed by atoms with Crippen LogP contribution in [0, 0.1) is 0 Å². The van der Waals surface area contributed by atoms with Gasteiger partial charge >= 0.3 is 0 Å². The van der Waals surface area contributed by atoms with Crippen LogP contribution in [0.15, 0.2) is 22.9 Å². The molecule has 0 aliphatic rings. The Morgan fingerprint density at radius 1 is 1.57 bits per heavy atom. The van der Waals surface area contributed by atoms with Gasteiger partial charge in [0.2, 0.25) is 5.91 Å². The van der Waals surface area contributed by atoms with Crippen LogP contribution in [-0.2, 0) is 4.79 Å². The molecule has 0 spiro atoms. The van der Waals surface area contributed by atoms with Gasteiger partial charge < -0.3 is 10.2 Å². The zero-order chi connectivity index (χ0) is 10.6. The number of nitrogens with one attached hydrogen (secondary N) is 1. The van der Waals surface area contributed by atoms with Crippen LogP contribution >= 0.6 is 15.9 Å². The zero-order valence-corrected chi connectivity index (χ0v) is 9.71. The molecule has 1 aromatic rings. The maximum atomic E-state index is 11.2. The molecule has 4 nitrogen and oxygen atoms in total. The van der Waals surface area contributed by atoms with Gasteiger partial charge in [0.25, 0.3) is 0 Å². The van der Waals surface area contributed by atoms with Crippen LogP contribution in [-0.4, -0.2) is 36.4 Å². The molecule has 1 N–H and O–H groups in total. The summed E-state index contributed by atoms with van der Waals surface area (Å²) in [4.78, 5) is 16.7. The van der Waals surface area contributed by atoms with Crippen molar-refractivity contribution in [3.63, 3.8) is 0 Å². The molecule has 0 aliphatic heterocycles. The number of hydrogen-bond donors (Lipinski definition) is 1. The highest BCUT2D eigenvalue weighted by molar-refractivity contribution is 9.10. The Labute approximate surface area is 91.4 Å². The Hall–Kier alpha value is -1.10. The first kappa shape index (κ1) is 11.0. The molecule has 0 atom stereocenters. The van der Waals surface area contributed by atoms with Gasteiger partial charge in [-0.2, -0.15) is 0 Å². The Morgan fingerprint density at radius 3 is 2.86 bits per heavy atom. The summed E-state index contributed by atoms with van der Waals surface area (Å²) in [6, 6.07) is 1.87. The van der Waals surface area contributed by atoms with E-state index in [1.54, 1.807) is 31.4 Å². The second-order valence-corrected chi connectivity index (χ2v) is 3.95. The van der Waals surface area contributed by atoms with E-state index in [2.05, 4.69) is 26.2 Å². The fourth-order valence-corrected chi connectivity index (χ4v) is 1.21. The van der Waals surface area contributed by atoms with Gasteiger partial charge in [-0.1, -0.05) is 0 Å². The third-order valence-electron chi connectivity index (χ3n) is 1.65. The summed E-state index contributed by atoms with van der Waals surface area (Å²) < 4.78 is 0.889. The first-order valence-electron chi connectivity index (χ1n) is 4.14. The molecule has 1 rings (SSSR count). The van der Waals surface area contributed by atoms with Crippen molar-refractivity contribution in [2.24, 2.45) is 0 Å². The number of likely N-dealkylation sites (N-methyl/N-ethyl adjacent to an activating group) is 1. The van der Waals surface area contributed by atoms with Gasteiger partial charge in [-0.3, -0.25) is 9.78 Å². The number of aromatic nitrogens is 1. The van der Waals surface area contributed by atoms with E-state index in [-0.39, 0.29) is 12.5 Å². The van der Waals surface area contributed by atoms with Crippen LogP contribution in [0.3, 0.4) is 0 Å². The molecule has 76 valence electrons. The van der Waals surface area contributed by atoms with Crippen molar-refractivity contribution in [3.05, 3.63) is 22.9 Å². The zero-order valence-electron chi connectivity index (χ0n) is 8.12. The van der Waals surface area contributed by atoms with E-state index in [0.29, 0.717) is 0 Å². The highest BCUT2D eigenvalue weighted by atomic mass is 79.9. The van der Waals surface area contributed by atoms with Gasteiger partial charge in [0.1, 0.15) is 0 Å². The van der Waals surface area contributed by atoms with Crippen LogP contribution in [0.4, 0.5) is 5.69 Å². The van der Waals surface area contributed by atoms with Crippen LogP contribution in [0.5, 0.6) is 0 Å². The number of amides is 1. The van der Waals surface area contributed by atoms with Crippen molar-refractivity contribution < 1.29 is 4.79 Å². The smallest absolute Gasteiger partial charge is 0.241 e. The summed E-state index contributed by atoms with van der Waals surface area (Å²) in [6.45, 7) is 0.283. The third-order valence-corrected chi connectivity index (χ3v) is 2.08. The molecule has 0 aromatic carbocycles. The van der Waals surface area contributed by atoms with Crippen LogP contribution in [0.25, 0.3) is 0 Å². The van der Waals surface area contributed by atoms with Crippen molar-refractivity contribution in [2.45, 2.75) is 0 Å². The van der Waals surface area contributed by atoms with E-state index in [4.69, 9.17) is 0 Å². The van der Waals surface area contributed by atoms with Gasteiger partial charge in [0, 0.05) is 24.8 Å². The van der Waals surface area contributed by atoms with Gasteiger partial charge in [-0.05, 0) is 22.0 Å². The molecule has 14 heavy (non-hydrogen) atoms. The van der Waals surface area contributed by atoms with E-state index < -0.39 is 0 Å². The first-order chi connectivity index (χ1) is 6.59. The molecule has 0 unspecified atom stereocenters. The third kappa shape index (κ3) is 3.33. The summed E-state index contributed by atoms with van der Waals surface area (Å²) in [5.74, 6) is 0.0324. The van der Waals surface area contributed by atoms with Gasteiger partial charge in [0.05, 0.1) is 18.4 Å². The van der Waals surface area contributed by atoms with E-state index in [1.165, 1.54) is 0 Å². The molecule has 0 saturated carbocycles.